The van der Waals surface area contributed by atoms with Gasteiger partial charge in [-0.05, 0) is 42.2 Å². The average molecular weight is 412 g/mol. The number of nitrogens with one attached hydrogen (secondary N) is 1. The molecule has 154 valence electrons. The third kappa shape index (κ3) is 5.75. The number of methoxy groups -OCH3 is 1. The van der Waals surface area contributed by atoms with Gasteiger partial charge < -0.3 is 10.1 Å². The van der Waals surface area contributed by atoms with E-state index in [1.807, 2.05) is 26.0 Å². The molecule has 7 heteroatoms. The molecule has 0 heterocycles. The zero-order valence-electron chi connectivity index (χ0n) is 16.4. The third-order valence-corrected chi connectivity index (χ3v) is 6.29. The molecule has 0 spiro atoms. The summed E-state index contributed by atoms with van der Waals surface area (Å²) < 4.78 is 59.5. The summed E-state index contributed by atoms with van der Waals surface area (Å²) in [7, 11) is -3.18. The largest absolute Gasteiger partial charge is 0.497 e. The van der Waals surface area contributed by atoms with Gasteiger partial charge in [0.15, 0.2) is 0 Å². The minimum absolute atomic E-state index is 0.142. The van der Waals surface area contributed by atoms with Crippen molar-refractivity contribution >= 4 is 9.84 Å². The van der Waals surface area contributed by atoms with E-state index in [9.17, 15) is 17.2 Å². The van der Waals surface area contributed by atoms with Gasteiger partial charge in [-0.15, -0.1) is 0 Å². The third-order valence-electron chi connectivity index (χ3n) is 4.44. The van der Waals surface area contributed by atoms with Crippen molar-refractivity contribution in [2.75, 3.05) is 7.11 Å². The summed E-state index contributed by atoms with van der Waals surface area (Å²) in [6.07, 6.45) is -0.339. The van der Waals surface area contributed by atoms with Crippen molar-refractivity contribution < 1.29 is 21.9 Å². The summed E-state index contributed by atoms with van der Waals surface area (Å²) in [6.45, 7) is 4.21. The number of ether oxygens (including phenoxy) is 1. The Morgan fingerprint density at radius 1 is 1.04 bits per heavy atom. The SMILES string of the molecule is COc1ccc(CN[C@@H](CC(C)C)CC(F)(F)S(=O)(=O)c2ccccc2)cc1. The van der Waals surface area contributed by atoms with Gasteiger partial charge in [0.2, 0.25) is 9.84 Å². The van der Waals surface area contributed by atoms with Crippen LogP contribution in [-0.2, 0) is 16.4 Å². The topological polar surface area (TPSA) is 55.4 Å². The summed E-state index contributed by atoms with van der Waals surface area (Å²) in [5.41, 5.74) is 0.906. The highest BCUT2D eigenvalue weighted by molar-refractivity contribution is 7.92. The predicted molar refractivity (Wildman–Crippen MR) is 106 cm³/mol. The van der Waals surface area contributed by atoms with Crippen LogP contribution < -0.4 is 10.1 Å². The van der Waals surface area contributed by atoms with Crippen molar-refractivity contribution in [1.82, 2.24) is 5.32 Å². The van der Waals surface area contributed by atoms with Gasteiger partial charge in [-0.3, -0.25) is 0 Å². The van der Waals surface area contributed by atoms with Crippen molar-refractivity contribution in [2.45, 2.75) is 49.4 Å². The van der Waals surface area contributed by atoms with E-state index >= 15 is 0 Å². The molecule has 1 atom stereocenters. The first-order chi connectivity index (χ1) is 13.2. The lowest BCUT2D eigenvalue weighted by Crippen LogP contribution is -2.40. The van der Waals surface area contributed by atoms with E-state index in [2.05, 4.69) is 5.32 Å². The van der Waals surface area contributed by atoms with Gasteiger partial charge in [0.25, 0.3) is 0 Å². The molecule has 0 amide bonds. The van der Waals surface area contributed by atoms with Crippen molar-refractivity contribution in [3.8, 4) is 5.75 Å². The van der Waals surface area contributed by atoms with Crippen LogP contribution in [0.25, 0.3) is 0 Å². The fourth-order valence-electron chi connectivity index (χ4n) is 2.98. The Morgan fingerprint density at radius 2 is 1.64 bits per heavy atom. The first-order valence-electron chi connectivity index (χ1n) is 9.19. The Kier molecular flexibility index (Phi) is 7.55. The molecule has 0 radical (unpaired) electrons. The van der Waals surface area contributed by atoms with Crippen LogP contribution in [0.15, 0.2) is 59.5 Å². The van der Waals surface area contributed by atoms with Crippen LogP contribution in [-0.4, -0.2) is 26.8 Å². The Balaban J connectivity index is 2.13. The maximum atomic E-state index is 14.8. The summed E-state index contributed by atoms with van der Waals surface area (Å²) >= 11 is 0. The zero-order valence-corrected chi connectivity index (χ0v) is 17.2. The van der Waals surface area contributed by atoms with Gasteiger partial charge >= 0.3 is 5.25 Å². The second-order valence-electron chi connectivity index (χ2n) is 7.21. The molecular formula is C21H27F2NO3S. The summed E-state index contributed by atoms with van der Waals surface area (Å²) in [6, 6.07) is 13.5. The van der Waals surface area contributed by atoms with Crippen LogP contribution >= 0.6 is 0 Å². The Morgan fingerprint density at radius 3 is 2.18 bits per heavy atom. The van der Waals surface area contributed by atoms with Crippen LogP contribution in [0.2, 0.25) is 0 Å². The zero-order chi connectivity index (χ0) is 20.8. The average Bonchev–Trinajstić information content (AvgIpc) is 2.66. The molecule has 0 bridgehead atoms. The molecule has 2 aromatic carbocycles. The van der Waals surface area contributed by atoms with Crippen LogP contribution in [0.3, 0.4) is 0 Å². The van der Waals surface area contributed by atoms with Crippen molar-refractivity contribution in [1.29, 1.82) is 0 Å². The lowest BCUT2D eigenvalue weighted by Gasteiger charge is -2.26. The summed E-state index contributed by atoms with van der Waals surface area (Å²) in [5, 5.41) is -0.761. The van der Waals surface area contributed by atoms with Gasteiger partial charge in [-0.1, -0.05) is 44.2 Å². The van der Waals surface area contributed by atoms with Gasteiger partial charge in [0.1, 0.15) is 5.75 Å². The molecule has 0 aliphatic carbocycles. The van der Waals surface area contributed by atoms with Crippen LogP contribution in [0.1, 0.15) is 32.3 Å². The van der Waals surface area contributed by atoms with E-state index in [4.69, 9.17) is 4.74 Å². The highest BCUT2D eigenvalue weighted by Gasteiger charge is 2.47. The van der Waals surface area contributed by atoms with Gasteiger partial charge in [-0.2, -0.15) is 8.78 Å². The number of hydrogen-bond donors (Lipinski definition) is 1. The number of alkyl halides is 2. The van der Waals surface area contributed by atoms with Crippen molar-refractivity contribution in [2.24, 2.45) is 5.92 Å². The Labute approximate surface area is 165 Å². The first-order valence-corrected chi connectivity index (χ1v) is 10.7. The molecule has 0 fully saturated rings. The van der Waals surface area contributed by atoms with Crippen LogP contribution in [0.4, 0.5) is 8.78 Å². The van der Waals surface area contributed by atoms with E-state index in [1.165, 1.54) is 24.3 Å². The molecule has 1 N–H and O–H groups in total. The molecule has 2 aromatic rings. The molecule has 4 nitrogen and oxygen atoms in total. The highest BCUT2D eigenvalue weighted by atomic mass is 32.2. The highest BCUT2D eigenvalue weighted by Crippen LogP contribution is 2.34. The fraction of sp³-hybridized carbons (Fsp3) is 0.429. The Bertz CT molecular complexity index is 838. The minimum Gasteiger partial charge on any atom is -0.497 e. The number of sulfone groups is 1. The van der Waals surface area contributed by atoms with E-state index in [-0.39, 0.29) is 10.8 Å². The standard InChI is InChI=1S/C21H27F2NO3S/c1-16(2)13-18(24-15-17-9-11-19(27-3)12-10-17)14-21(22,23)28(25,26)20-7-5-4-6-8-20/h4-12,16,18,24H,13-15H2,1-3H3/t18-/m0/s1. The monoisotopic (exact) mass is 411 g/mol. The predicted octanol–water partition coefficient (Wildman–Crippen LogP) is 4.66. The summed E-state index contributed by atoms with van der Waals surface area (Å²) in [5.74, 6) is 0.853. The molecule has 0 unspecified atom stereocenters. The summed E-state index contributed by atoms with van der Waals surface area (Å²) in [4.78, 5) is -0.363. The molecule has 0 aliphatic rings. The fourth-order valence-corrected chi connectivity index (χ4v) is 4.26. The quantitative estimate of drug-likeness (QED) is 0.618. The number of hydrogen-bond acceptors (Lipinski definition) is 4. The van der Waals surface area contributed by atoms with E-state index in [1.54, 1.807) is 25.3 Å². The molecular weight excluding hydrogens is 384 g/mol. The molecule has 0 aromatic heterocycles. The lowest BCUT2D eigenvalue weighted by molar-refractivity contribution is 0.0660. The minimum atomic E-state index is -4.75. The number of rotatable bonds is 10. The van der Waals surface area contributed by atoms with E-state index < -0.39 is 27.6 Å². The van der Waals surface area contributed by atoms with Crippen LogP contribution in [0, 0.1) is 5.92 Å². The molecule has 0 saturated carbocycles. The number of halogens is 2. The molecule has 28 heavy (non-hydrogen) atoms. The maximum absolute atomic E-state index is 14.8. The molecule has 2 rings (SSSR count). The number of benzene rings is 2. The second kappa shape index (κ2) is 9.47. The van der Waals surface area contributed by atoms with Crippen molar-refractivity contribution in [3.05, 3.63) is 60.2 Å². The first kappa shape index (κ1) is 22.3. The lowest BCUT2D eigenvalue weighted by atomic mass is 10.0. The van der Waals surface area contributed by atoms with Crippen molar-refractivity contribution in [3.63, 3.8) is 0 Å². The smallest absolute Gasteiger partial charge is 0.351 e. The molecule has 0 aliphatic heterocycles. The molecule has 0 saturated heterocycles. The van der Waals surface area contributed by atoms with Gasteiger partial charge in [0.05, 0.1) is 12.0 Å². The van der Waals surface area contributed by atoms with Gasteiger partial charge in [0, 0.05) is 19.0 Å². The normalized spacial score (nSPS) is 13.5. The Hall–Kier alpha value is -1.99. The van der Waals surface area contributed by atoms with E-state index in [0.717, 1.165) is 5.56 Å². The van der Waals surface area contributed by atoms with Gasteiger partial charge in [-0.25, -0.2) is 8.42 Å². The van der Waals surface area contributed by atoms with Crippen LogP contribution in [0.5, 0.6) is 5.75 Å². The van der Waals surface area contributed by atoms with E-state index in [0.29, 0.717) is 18.7 Å². The second-order valence-corrected chi connectivity index (χ2v) is 9.29. The maximum Gasteiger partial charge on any atom is 0.351 e.